The number of nitrogens with zero attached hydrogens (tertiary/aromatic N) is 2. The van der Waals surface area contributed by atoms with Crippen molar-refractivity contribution in [3.8, 4) is 0 Å². The van der Waals surface area contributed by atoms with Crippen LogP contribution in [0.1, 0.15) is 15.9 Å². The topological polar surface area (TPSA) is 75.5 Å². The summed E-state index contributed by atoms with van der Waals surface area (Å²) in [6.07, 6.45) is 0. The number of hydrogen-bond acceptors (Lipinski definition) is 4. The molecule has 2 saturated heterocycles. The van der Waals surface area contributed by atoms with E-state index in [1.165, 1.54) is 12.1 Å². The van der Waals surface area contributed by atoms with Gasteiger partial charge in [-0.25, -0.2) is 0 Å². The molecule has 106 valence electrons. The lowest BCUT2D eigenvalue weighted by Crippen LogP contribution is -2.31. The lowest BCUT2D eigenvalue weighted by Gasteiger charge is -2.17. The van der Waals surface area contributed by atoms with E-state index in [9.17, 15) is 14.9 Å². The number of non-ortho nitro benzene ring substituents is 1. The smallest absolute Gasteiger partial charge is 0.270 e. The first kappa shape index (κ1) is 13.1. The standard InChI is InChI=1S/C14H17N3O3/c1-9-2-10(4-13(3-9)17(19)20)14(18)16-7-11-5-15-6-12(11)8-16/h2-4,11-12,15H,5-8H2,1H3/t11-,12+. The van der Waals surface area contributed by atoms with Crippen LogP contribution in [0, 0.1) is 28.9 Å². The van der Waals surface area contributed by atoms with Gasteiger partial charge in [-0.2, -0.15) is 0 Å². The van der Waals surface area contributed by atoms with Crippen molar-refractivity contribution in [2.24, 2.45) is 11.8 Å². The summed E-state index contributed by atoms with van der Waals surface area (Å²) in [7, 11) is 0. The first-order chi connectivity index (χ1) is 9.54. The van der Waals surface area contributed by atoms with Crippen molar-refractivity contribution >= 4 is 11.6 Å². The SMILES string of the molecule is Cc1cc(C(=O)N2C[C@H]3CNC[C@H]3C2)cc([N+](=O)[O-])c1. The molecule has 6 heteroatoms. The first-order valence-corrected chi connectivity index (χ1v) is 6.80. The first-order valence-electron chi connectivity index (χ1n) is 6.80. The number of likely N-dealkylation sites (tertiary alicyclic amines) is 1. The summed E-state index contributed by atoms with van der Waals surface area (Å²) in [5.74, 6) is 0.962. The average molecular weight is 275 g/mol. The quantitative estimate of drug-likeness (QED) is 0.650. The Bertz CT molecular complexity index is 561. The lowest BCUT2D eigenvalue weighted by molar-refractivity contribution is -0.384. The third-order valence-electron chi connectivity index (χ3n) is 4.20. The van der Waals surface area contributed by atoms with Crippen LogP contribution in [0.15, 0.2) is 18.2 Å². The van der Waals surface area contributed by atoms with E-state index >= 15 is 0 Å². The van der Waals surface area contributed by atoms with Gasteiger partial charge in [0.05, 0.1) is 4.92 Å². The number of amides is 1. The highest BCUT2D eigenvalue weighted by Crippen LogP contribution is 2.28. The van der Waals surface area contributed by atoms with E-state index in [4.69, 9.17) is 0 Å². The van der Waals surface area contributed by atoms with Gasteiger partial charge in [0.15, 0.2) is 0 Å². The maximum atomic E-state index is 12.5. The number of carbonyl (C=O) groups excluding carboxylic acids is 1. The summed E-state index contributed by atoms with van der Waals surface area (Å²) in [4.78, 5) is 24.7. The fourth-order valence-corrected chi connectivity index (χ4v) is 3.20. The maximum Gasteiger partial charge on any atom is 0.270 e. The van der Waals surface area contributed by atoms with E-state index in [0.717, 1.165) is 31.7 Å². The Balaban J connectivity index is 1.82. The van der Waals surface area contributed by atoms with Crippen molar-refractivity contribution in [1.82, 2.24) is 10.2 Å². The van der Waals surface area contributed by atoms with Gasteiger partial charge in [0.2, 0.25) is 0 Å². The highest BCUT2D eigenvalue weighted by Gasteiger charge is 2.38. The zero-order valence-electron chi connectivity index (χ0n) is 11.3. The molecular formula is C14H17N3O3. The number of nitrogens with one attached hydrogen (secondary N) is 1. The number of aryl methyl sites for hydroxylation is 1. The van der Waals surface area contributed by atoms with Gasteiger partial charge in [-0.3, -0.25) is 14.9 Å². The second-order valence-electron chi connectivity index (χ2n) is 5.70. The molecule has 2 heterocycles. The predicted molar refractivity (Wildman–Crippen MR) is 73.6 cm³/mol. The minimum absolute atomic E-state index is 0.0191. The van der Waals surface area contributed by atoms with E-state index < -0.39 is 4.92 Å². The third kappa shape index (κ3) is 2.27. The van der Waals surface area contributed by atoms with Crippen LogP contribution in [0.3, 0.4) is 0 Å². The van der Waals surface area contributed by atoms with Crippen LogP contribution in [0.2, 0.25) is 0 Å². The van der Waals surface area contributed by atoms with Gasteiger partial charge >= 0.3 is 0 Å². The Morgan fingerprint density at radius 1 is 1.30 bits per heavy atom. The maximum absolute atomic E-state index is 12.5. The average Bonchev–Trinajstić information content (AvgIpc) is 2.97. The highest BCUT2D eigenvalue weighted by atomic mass is 16.6. The van der Waals surface area contributed by atoms with Crippen LogP contribution in [-0.4, -0.2) is 41.9 Å². The molecule has 1 N–H and O–H groups in total. The molecule has 0 bridgehead atoms. The molecule has 2 fully saturated rings. The van der Waals surface area contributed by atoms with Crippen LogP contribution in [-0.2, 0) is 0 Å². The van der Waals surface area contributed by atoms with E-state index in [1.54, 1.807) is 13.0 Å². The number of fused-ring (bicyclic) bond motifs is 1. The minimum Gasteiger partial charge on any atom is -0.338 e. The summed E-state index contributed by atoms with van der Waals surface area (Å²) in [6.45, 7) is 5.19. The zero-order valence-corrected chi connectivity index (χ0v) is 11.3. The van der Waals surface area contributed by atoms with E-state index in [-0.39, 0.29) is 11.6 Å². The molecule has 0 saturated carbocycles. The summed E-state index contributed by atoms with van der Waals surface area (Å²) < 4.78 is 0. The molecule has 0 spiro atoms. The van der Waals surface area contributed by atoms with Gasteiger partial charge in [-0.1, -0.05) is 0 Å². The number of rotatable bonds is 2. The fourth-order valence-electron chi connectivity index (χ4n) is 3.20. The highest BCUT2D eigenvalue weighted by molar-refractivity contribution is 5.95. The zero-order chi connectivity index (χ0) is 14.3. The number of carbonyl (C=O) groups is 1. The summed E-state index contributed by atoms with van der Waals surface area (Å²) in [6, 6.07) is 4.59. The molecule has 0 aliphatic carbocycles. The van der Waals surface area contributed by atoms with Crippen molar-refractivity contribution in [1.29, 1.82) is 0 Å². The van der Waals surface area contributed by atoms with Crippen molar-refractivity contribution < 1.29 is 9.72 Å². The fraction of sp³-hybridized carbons (Fsp3) is 0.500. The monoisotopic (exact) mass is 275 g/mol. The predicted octanol–water partition coefficient (Wildman–Crippen LogP) is 1.19. The molecule has 1 aromatic carbocycles. The van der Waals surface area contributed by atoms with E-state index in [0.29, 0.717) is 17.4 Å². The Hall–Kier alpha value is -1.95. The van der Waals surface area contributed by atoms with Crippen LogP contribution >= 0.6 is 0 Å². The summed E-state index contributed by atoms with van der Waals surface area (Å²) >= 11 is 0. The molecule has 3 rings (SSSR count). The van der Waals surface area contributed by atoms with Gasteiger partial charge < -0.3 is 10.2 Å². The Morgan fingerprint density at radius 2 is 1.95 bits per heavy atom. The van der Waals surface area contributed by atoms with Gasteiger partial charge in [0, 0.05) is 43.9 Å². The van der Waals surface area contributed by atoms with Crippen molar-refractivity contribution in [3.05, 3.63) is 39.4 Å². The van der Waals surface area contributed by atoms with Gasteiger partial charge in [-0.15, -0.1) is 0 Å². The molecular weight excluding hydrogens is 258 g/mol. The van der Waals surface area contributed by atoms with Crippen LogP contribution < -0.4 is 5.32 Å². The van der Waals surface area contributed by atoms with E-state index in [1.807, 2.05) is 4.90 Å². The van der Waals surface area contributed by atoms with Gasteiger partial charge in [0.25, 0.3) is 11.6 Å². The van der Waals surface area contributed by atoms with Crippen LogP contribution in [0.4, 0.5) is 5.69 Å². The van der Waals surface area contributed by atoms with Gasteiger partial charge in [-0.05, 0) is 30.4 Å². The van der Waals surface area contributed by atoms with Gasteiger partial charge in [0.1, 0.15) is 0 Å². The van der Waals surface area contributed by atoms with Crippen molar-refractivity contribution in [2.45, 2.75) is 6.92 Å². The molecule has 1 amide bonds. The molecule has 20 heavy (non-hydrogen) atoms. The largest absolute Gasteiger partial charge is 0.338 e. The summed E-state index contributed by atoms with van der Waals surface area (Å²) in [5.41, 5.74) is 1.14. The Labute approximate surface area is 116 Å². The van der Waals surface area contributed by atoms with Crippen molar-refractivity contribution in [2.75, 3.05) is 26.2 Å². The number of nitro benzene ring substituents is 1. The van der Waals surface area contributed by atoms with Crippen LogP contribution in [0.5, 0.6) is 0 Å². The number of nitro groups is 1. The molecule has 6 nitrogen and oxygen atoms in total. The normalized spacial score (nSPS) is 24.8. The Kier molecular flexibility index (Phi) is 3.17. The molecule has 1 aromatic rings. The molecule has 2 aliphatic rings. The number of hydrogen-bond donors (Lipinski definition) is 1. The second-order valence-corrected chi connectivity index (χ2v) is 5.70. The molecule has 0 radical (unpaired) electrons. The third-order valence-corrected chi connectivity index (χ3v) is 4.20. The van der Waals surface area contributed by atoms with E-state index in [2.05, 4.69) is 5.32 Å². The summed E-state index contributed by atoms with van der Waals surface area (Å²) in [5, 5.41) is 14.2. The van der Waals surface area contributed by atoms with Crippen molar-refractivity contribution in [3.63, 3.8) is 0 Å². The molecule has 0 unspecified atom stereocenters. The second kappa shape index (κ2) is 4.86. The van der Waals surface area contributed by atoms with Crippen LogP contribution in [0.25, 0.3) is 0 Å². The Morgan fingerprint density at radius 3 is 2.55 bits per heavy atom. The molecule has 2 atom stereocenters. The number of benzene rings is 1. The molecule has 2 aliphatic heterocycles. The minimum atomic E-state index is -0.452. The lowest BCUT2D eigenvalue weighted by atomic mass is 10.0. The molecule has 0 aromatic heterocycles.